The number of halogens is 1. The second-order valence-corrected chi connectivity index (χ2v) is 4.90. The molecule has 0 saturated heterocycles. The van der Waals surface area contributed by atoms with Crippen LogP contribution in [0.15, 0.2) is 36.5 Å². The number of aliphatic hydroxyl groups is 1. The average Bonchev–Trinajstić information content (AvgIpc) is 2.29. The number of aryl methyl sites for hydroxylation is 1. The van der Waals surface area contributed by atoms with Crippen LogP contribution < -0.4 is 4.74 Å². The van der Waals surface area contributed by atoms with E-state index >= 15 is 0 Å². The summed E-state index contributed by atoms with van der Waals surface area (Å²) in [5.41, 5.74) is 1.55. The van der Waals surface area contributed by atoms with Crippen molar-refractivity contribution in [1.82, 2.24) is 4.98 Å². The van der Waals surface area contributed by atoms with Crippen molar-refractivity contribution in [3.05, 3.63) is 51.4 Å². The number of rotatable bonds is 3. The number of aliphatic hydroxyl groups excluding tert-OH is 1. The molecule has 0 saturated carbocycles. The fraction of sp³-hybridized carbons (Fsp3) is 0.154. The maximum atomic E-state index is 9.22. The van der Waals surface area contributed by atoms with E-state index in [0.717, 1.165) is 15.0 Å². The van der Waals surface area contributed by atoms with E-state index in [1.807, 2.05) is 37.3 Å². The fourth-order valence-electron chi connectivity index (χ4n) is 1.43. The molecule has 0 spiro atoms. The van der Waals surface area contributed by atoms with E-state index in [2.05, 4.69) is 27.6 Å². The molecule has 1 N–H and O–H groups in total. The summed E-state index contributed by atoms with van der Waals surface area (Å²) >= 11 is 2.23. The van der Waals surface area contributed by atoms with Gasteiger partial charge in [-0.2, -0.15) is 0 Å². The van der Waals surface area contributed by atoms with E-state index in [9.17, 15) is 5.11 Å². The standard InChI is InChI=1S/C13H12INO2/c1-9-5-13(10(8-16)7-15-9)17-12-4-2-3-11(14)6-12/h2-7,16H,8H2,1H3. The predicted octanol–water partition coefficient (Wildman–Crippen LogP) is 3.28. The van der Waals surface area contributed by atoms with Gasteiger partial charge in [0.1, 0.15) is 11.5 Å². The minimum atomic E-state index is -0.0768. The number of ether oxygens (including phenoxy) is 1. The van der Waals surface area contributed by atoms with Gasteiger partial charge in [0, 0.05) is 27.1 Å². The van der Waals surface area contributed by atoms with Crippen molar-refractivity contribution in [1.29, 1.82) is 0 Å². The van der Waals surface area contributed by atoms with Crippen LogP contribution in [0.4, 0.5) is 0 Å². The van der Waals surface area contributed by atoms with E-state index in [1.54, 1.807) is 6.20 Å². The Labute approximate surface area is 114 Å². The lowest BCUT2D eigenvalue weighted by Crippen LogP contribution is -1.94. The van der Waals surface area contributed by atoms with Crippen LogP contribution in [0.3, 0.4) is 0 Å². The second kappa shape index (κ2) is 5.46. The predicted molar refractivity (Wildman–Crippen MR) is 74.1 cm³/mol. The summed E-state index contributed by atoms with van der Waals surface area (Å²) in [6.45, 7) is 1.81. The third-order valence-corrected chi connectivity index (χ3v) is 2.95. The van der Waals surface area contributed by atoms with Crippen LogP contribution in [-0.2, 0) is 6.61 Å². The summed E-state index contributed by atoms with van der Waals surface area (Å²) < 4.78 is 6.87. The van der Waals surface area contributed by atoms with Gasteiger partial charge in [0.05, 0.1) is 6.61 Å². The molecule has 0 fully saturated rings. The molecule has 0 aliphatic rings. The van der Waals surface area contributed by atoms with Crippen LogP contribution in [0.5, 0.6) is 11.5 Å². The van der Waals surface area contributed by atoms with Crippen molar-refractivity contribution in [3.63, 3.8) is 0 Å². The molecule has 3 nitrogen and oxygen atoms in total. The highest BCUT2D eigenvalue weighted by Crippen LogP contribution is 2.26. The Kier molecular flexibility index (Phi) is 3.96. The van der Waals surface area contributed by atoms with Crippen LogP contribution in [0.1, 0.15) is 11.3 Å². The molecule has 0 aliphatic carbocycles. The van der Waals surface area contributed by atoms with Gasteiger partial charge in [-0.15, -0.1) is 0 Å². The molecule has 1 aromatic heterocycles. The molecule has 0 bridgehead atoms. The maximum Gasteiger partial charge on any atom is 0.136 e. The van der Waals surface area contributed by atoms with E-state index in [0.29, 0.717) is 11.3 Å². The number of hydrogen-bond donors (Lipinski definition) is 1. The van der Waals surface area contributed by atoms with Crippen LogP contribution in [0.2, 0.25) is 0 Å². The van der Waals surface area contributed by atoms with Crippen LogP contribution in [0, 0.1) is 10.5 Å². The zero-order valence-electron chi connectivity index (χ0n) is 9.35. The van der Waals surface area contributed by atoms with Gasteiger partial charge in [0.25, 0.3) is 0 Å². The molecule has 0 unspecified atom stereocenters. The van der Waals surface area contributed by atoms with Gasteiger partial charge in [-0.1, -0.05) is 6.07 Å². The molecule has 88 valence electrons. The molecule has 0 atom stereocenters. The molecular weight excluding hydrogens is 329 g/mol. The average molecular weight is 341 g/mol. The maximum absolute atomic E-state index is 9.22. The first-order valence-electron chi connectivity index (χ1n) is 5.19. The molecule has 2 aromatic rings. The van der Waals surface area contributed by atoms with Crippen molar-refractivity contribution in [2.45, 2.75) is 13.5 Å². The number of pyridine rings is 1. The lowest BCUT2D eigenvalue weighted by Gasteiger charge is -2.10. The first kappa shape index (κ1) is 12.3. The third kappa shape index (κ3) is 3.17. The summed E-state index contributed by atoms with van der Waals surface area (Å²) in [6, 6.07) is 9.59. The third-order valence-electron chi connectivity index (χ3n) is 2.27. The van der Waals surface area contributed by atoms with Crippen molar-refractivity contribution in [2.24, 2.45) is 0 Å². The minimum Gasteiger partial charge on any atom is -0.457 e. The topological polar surface area (TPSA) is 42.4 Å². The van der Waals surface area contributed by atoms with E-state index in [4.69, 9.17) is 4.74 Å². The zero-order valence-corrected chi connectivity index (χ0v) is 11.5. The molecule has 17 heavy (non-hydrogen) atoms. The van der Waals surface area contributed by atoms with E-state index < -0.39 is 0 Å². The minimum absolute atomic E-state index is 0.0768. The molecule has 0 amide bonds. The molecule has 4 heteroatoms. The first-order chi connectivity index (χ1) is 8.19. The Morgan fingerprint density at radius 1 is 1.35 bits per heavy atom. The second-order valence-electron chi connectivity index (χ2n) is 3.65. The summed E-state index contributed by atoms with van der Waals surface area (Å²) in [6.07, 6.45) is 1.64. The Bertz CT molecular complexity index is 529. The van der Waals surface area contributed by atoms with E-state index in [1.165, 1.54) is 0 Å². The smallest absolute Gasteiger partial charge is 0.136 e. The molecule has 2 rings (SSSR count). The Balaban J connectivity index is 2.32. The molecule has 0 radical (unpaired) electrons. The number of hydrogen-bond acceptors (Lipinski definition) is 3. The van der Waals surface area contributed by atoms with Gasteiger partial charge in [-0.05, 0) is 47.7 Å². The van der Waals surface area contributed by atoms with Gasteiger partial charge < -0.3 is 9.84 Å². The number of benzene rings is 1. The first-order valence-corrected chi connectivity index (χ1v) is 6.26. The lowest BCUT2D eigenvalue weighted by atomic mass is 10.2. The largest absolute Gasteiger partial charge is 0.457 e. The van der Waals surface area contributed by atoms with Crippen molar-refractivity contribution >= 4 is 22.6 Å². The monoisotopic (exact) mass is 341 g/mol. The van der Waals surface area contributed by atoms with Gasteiger partial charge in [-0.25, -0.2) is 0 Å². The lowest BCUT2D eigenvalue weighted by molar-refractivity contribution is 0.276. The summed E-state index contributed by atoms with van der Waals surface area (Å²) in [5.74, 6) is 1.42. The number of nitrogens with zero attached hydrogens (tertiary/aromatic N) is 1. The Hall–Kier alpha value is -1.14. The van der Waals surface area contributed by atoms with Crippen LogP contribution in [0.25, 0.3) is 0 Å². The molecule has 0 aliphatic heterocycles. The van der Waals surface area contributed by atoms with Crippen molar-refractivity contribution in [2.75, 3.05) is 0 Å². The fourth-order valence-corrected chi connectivity index (χ4v) is 1.95. The van der Waals surface area contributed by atoms with Crippen molar-refractivity contribution < 1.29 is 9.84 Å². The molecule has 1 heterocycles. The number of aromatic nitrogens is 1. The summed E-state index contributed by atoms with van der Waals surface area (Å²) in [5, 5.41) is 9.22. The van der Waals surface area contributed by atoms with E-state index in [-0.39, 0.29) is 6.61 Å². The van der Waals surface area contributed by atoms with Gasteiger partial charge in [0.15, 0.2) is 0 Å². The van der Waals surface area contributed by atoms with Gasteiger partial charge >= 0.3 is 0 Å². The zero-order chi connectivity index (χ0) is 12.3. The SMILES string of the molecule is Cc1cc(Oc2cccc(I)c2)c(CO)cn1. The van der Waals surface area contributed by atoms with Crippen molar-refractivity contribution in [3.8, 4) is 11.5 Å². The summed E-state index contributed by atoms with van der Waals surface area (Å²) in [7, 11) is 0. The van der Waals surface area contributed by atoms with Gasteiger partial charge in [0.2, 0.25) is 0 Å². The highest BCUT2D eigenvalue weighted by molar-refractivity contribution is 14.1. The molecular formula is C13H12INO2. The Morgan fingerprint density at radius 3 is 2.88 bits per heavy atom. The molecule has 1 aromatic carbocycles. The highest BCUT2D eigenvalue weighted by Gasteiger charge is 2.05. The normalized spacial score (nSPS) is 10.3. The summed E-state index contributed by atoms with van der Waals surface area (Å²) in [4.78, 5) is 4.13. The van der Waals surface area contributed by atoms with Crippen LogP contribution in [-0.4, -0.2) is 10.1 Å². The highest BCUT2D eigenvalue weighted by atomic mass is 127. The quantitative estimate of drug-likeness (QED) is 0.872. The van der Waals surface area contributed by atoms with Crippen LogP contribution >= 0.6 is 22.6 Å². The Morgan fingerprint density at radius 2 is 2.18 bits per heavy atom. The van der Waals surface area contributed by atoms with Gasteiger partial charge in [-0.3, -0.25) is 4.98 Å².